The number of esters is 2. The number of aromatic nitrogens is 1. The fourth-order valence-corrected chi connectivity index (χ4v) is 7.84. The minimum absolute atomic E-state index is 0.0642. The highest BCUT2D eigenvalue weighted by Crippen LogP contribution is 2.44. The van der Waals surface area contributed by atoms with Crippen LogP contribution in [-0.2, 0) is 43.4 Å². The Morgan fingerprint density at radius 3 is 2.32 bits per heavy atom. The maximum atomic E-state index is 14.2. The lowest BCUT2D eigenvalue weighted by Gasteiger charge is -2.35. The number of H-pyrrole nitrogens is 1. The molecular formula is C40H64N6O9Si. The van der Waals surface area contributed by atoms with Crippen molar-refractivity contribution in [3.63, 3.8) is 0 Å². The molecule has 1 aliphatic heterocycles. The lowest BCUT2D eigenvalue weighted by molar-refractivity contribution is -0.164. The van der Waals surface area contributed by atoms with Gasteiger partial charge in [-0.25, -0.2) is 14.6 Å². The third kappa shape index (κ3) is 13.5. The predicted octanol–water partition coefficient (Wildman–Crippen LogP) is 6.77. The van der Waals surface area contributed by atoms with E-state index in [0.29, 0.717) is 12.1 Å². The van der Waals surface area contributed by atoms with E-state index in [1.165, 1.54) is 0 Å². The molecule has 4 N–H and O–H groups in total. The number of carbonyl (C=O) groups excluding carboxylic acids is 4. The number of nitrogens with zero attached hydrogens (tertiary/aromatic N) is 2. The van der Waals surface area contributed by atoms with Crippen molar-refractivity contribution in [1.82, 2.24) is 15.6 Å². The Balaban J connectivity index is 2.08. The first-order valence-electron chi connectivity index (χ1n) is 19.8. The number of ether oxygens (including phenoxy) is 4. The van der Waals surface area contributed by atoms with Crippen molar-refractivity contribution in [2.24, 2.45) is 16.3 Å². The zero-order valence-electron chi connectivity index (χ0n) is 35.0. The number of nitriles is 1. The van der Waals surface area contributed by atoms with Crippen LogP contribution in [0.4, 0.5) is 4.79 Å². The molecule has 0 aromatic carbocycles. The molecule has 2 aliphatic rings. The van der Waals surface area contributed by atoms with Gasteiger partial charge in [0.15, 0.2) is 20.3 Å². The summed E-state index contributed by atoms with van der Waals surface area (Å²) in [6, 6.07) is 4.25. The molecule has 56 heavy (non-hydrogen) atoms. The van der Waals surface area contributed by atoms with Crippen molar-refractivity contribution < 1.29 is 42.6 Å². The van der Waals surface area contributed by atoms with E-state index in [9.17, 15) is 24.4 Å². The van der Waals surface area contributed by atoms with Crippen LogP contribution in [0.3, 0.4) is 0 Å². The molecule has 1 saturated heterocycles. The number of hydrogen-bond donors (Lipinski definition) is 4. The van der Waals surface area contributed by atoms with E-state index in [1.807, 2.05) is 26.6 Å². The third-order valence-electron chi connectivity index (χ3n) is 9.45. The van der Waals surface area contributed by atoms with Gasteiger partial charge in [0.1, 0.15) is 42.9 Å². The number of amidine groups is 1. The highest BCUT2D eigenvalue weighted by molar-refractivity contribution is 6.69. The summed E-state index contributed by atoms with van der Waals surface area (Å²) < 4.78 is 30.8. The zero-order chi connectivity index (χ0) is 41.9. The molecule has 5 atom stereocenters. The first-order chi connectivity index (χ1) is 26.1. The molecule has 1 unspecified atom stereocenters. The Kier molecular flexibility index (Phi) is 16.4. The molecule has 2 heterocycles. The number of rotatable bonds is 15. The summed E-state index contributed by atoms with van der Waals surface area (Å²) >= 11 is 0. The number of aromatic amines is 1. The van der Waals surface area contributed by atoms with Gasteiger partial charge in [0.25, 0.3) is 0 Å². The highest BCUT2D eigenvalue weighted by Gasteiger charge is 2.62. The van der Waals surface area contributed by atoms with E-state index < -0.39 is 67.3 Å². The average Bonchev–Trinajstić information content (AvgIpc) is 3.58. The average molecular weight is 801 g/mol. The number of hydrogen-bond acceptors (Lipinski definition) is 11. The summed E-state index contributed by atoms with van der Waals surface area (Å²) in [6.45, 7) is 17.8. The molecule has 0 bridgehead atoms. The smallest absolute Gasteiger partial charge is 0.408 e. The largest absolute Gasteiger partial charge is 0.463 e. The number of alkyl carbamates (subject to hydrolysis) is 1. The summed E-state index contributed by atoms with van der Waals surface area (Å²) in [5.74, 6) is -1.27. The Morgan fingerprint density at radius 2 is 1.77 bits per heavy atom. The Morgan fingerprint density at radius 1 is 1.11 bits per heavy atom. The summed E-state index contributed by atoms with van der Waals surface area (Å²) in [7, 11) is -2.59. The molecule has 0 radical (unpaired) electrons. The summed E-state index contributed by atoms with van der Waals surface area (Å²) in [4.78, 5) is 60.3. The maximum absolute atomic E-state index is 14.2. The lowest BCUT2D eigenvalue weighted by Crippen LogP contribution is -2.54. The van der Waals surface area contributed by atoms with Crippen LogP contribution in [0.2, 0.25) is 19.6 Å². The van der Waals surface area contributed by atoms with Crippen molar-refractivity contribution >= 4 is 44.4 Å². The molecule has 1 saturated carbocycles. The summed E-state index contributed by atoms with van der Waals surface area (Å²) in [6.07, 6.45) is 4.52. The molecule has 0 spiro atoms. The van der Waals surface area contributed by atoms with Crippen LogP contribution in [0, 0.1) is 28.1 Å². The Labute approximate surface area is 333 Å². The van der Waals surface area contributed by atoms with E-state index in [-0.39, 0.29) is 42.8 Å². The first-order valence-corrected chi connectivity index (χ1v) is 23.2. The Bertz CT molecular complexity index is 1590. The fourth-order valence-electron chi connectivity index (χ4n) is 6.77. The van der Waals surface area contributed by atoms with Gasteiger partial charge in [-0.2, -0.15) is 5.26 Å². The van der Waals surface area contributed by atoms with Crippen LogP contribution in [0.25, 0.3) is 0 Å². The van der Waals surface area contributed by atoms with E-state index in [2.05, 4.69) is 26.7 Å². The van der Waals surface area contributed by atoms with E-state index in [0.717, 1.165) is 51.3 Å². The van der Waals surface area contributed by atoms with Gasteiger partial charge >= 0.3 is 18.0 Å². The number of aliphatic imine (C=N–C) groups is 1. The van der Waals surface area contributed by atoms with Crippen molar-refractivity contribution in [2.75, 3.05) is 6.61 Å². The second-order valence-corrected chi connectivity index (χ2v) is 22.3. The van der Waals surface area contributed by atoms with Gasteiger partial charge in [-0.15, -0.1) is 0 Å². The fraction of sp³-hybridized carbons (Fsp3) is 0.725. The number of unbranched alkanes of at least 4 members (excludes halogenated alkanes) is 1. The summed E-state index contributed by atoms with van der Waals surface area (Å²) in [5.41, 5.74) is -3.14. The van der Waals surface area contributed by atoms with Gasteiger partial charge in [-0.3, -0.25) is 15.0 Å². The molecular weight excluding hydrogens is 737 g/mol. The zero-order valence-corrected chi connectivity index (χ0v) is 36.0. The van der Waals surface area contributed by atoms with Crippen molar-refractivity contribution in [1.29, 1.82) is 10.7 Å². The van der Waals surface area contributed by atoms with Gasteiger partial charge in [0, 0.05) is 12.8 Å². The molecule has 3 rings (SSSR count). The molecule has 2 amide bonds. The topological polar surface area (TPSA) is 214 Å². The van der Waals surface area contributed by atoms with Gasteiger partial charge in [-0.1, -0.05) is 59.8 Å². The standard InChI is InChI=1S/C40H64N6O9Si/c1-11-12-19-30(47)45-35(43-25-42)27-20-21-29(44-27)40(24-41)34(55-56(8,9)10)32(28(53-40)23-51-31(48)22-26-17-15-13-14-16-18-26)52-36(49)33(38(2,3)4)46-37(50)54-39(5,6)7/h20-21,25-26,28,32-34,44H,11-19,22-23H2,1-10H3,(H,46,50)(H2,42,43,45,47)/t28-,32-,33-,34?,40+/m1/s1. The molecule has 312 valence electrons. The normalized spacial score (nSPS) is 22.9. The van der Waals surface area contributed by atoms with E-state index >= 15 is 0 Å². The van der Waals surface area contributed by atoms with Gasteiger partial charge in [0.05, 0.1) is 11.4 Å². The monoisotopic (exact) mass is 800 g/mol. The number of amides is 2. The minimum atomic E-state index is -2.59. The second-order valence-electron chi connectivity index (χ2n) is 17.8. The quantitative estimate of drug-likeness (QED) is 0.0365. The minimum Gasteiger partial charge on any atom is -0.463 e. The number of nitrogens with one attached hydrogen (secondary N) is 4. The van der Waals surface area contributed by atoms with Crippen LogP contribution in [0.1, 0.15) is 124 Å². The molecule has 1 aromatic heterocycles. The molecule has 1 aromatic rings. The molecule has 15 nitrogen and oxygen atoms in total. The predicted molar refractivity (Wildman–Crippen MR) is 213 cm³/mol. The second kappa shape index (κ2) is 19.9. The van der Waals surface area contributed by atoms with Gasteiger partial charge in [-0.05, 0) is 83.1 Å². The Hall–Kier alpha value is -4.07. The van der Waals surface area contributed by atoms with Gasteiger partial charge in [0.2, 0.25) is 11.5 Å². The lowest BCUT2D eigenvalue weighted by atomic mass is 9.86. The van der Waals surface area contributed by atoms with Crippen LogP contribution < -0.4 is 10.6 Å². The van der Waals surface area contributed by atoms with Crippen molar-refractivity contribution in [3.8, 4) is 6.07 Å². The van der Waals surface area contributed by atoms with E-state index in [1.54, 1.807) is 53.7 Å². The van der Waals surface area contributed by atoms with Crippen LogP contribution >= 0.6 is 0 Å². The molecule has 1 aliphatic carbocycles. The third-order valence-corrected chi connectivity index (χ3v) is 10.4. The van der Waals surface area contributed by atoms with Crippen LogP contribution in [0.5, 0.6) is 0 Å². The van der Waals surface area contributed by atoms with Crippen molar-refractivity contribution in [3.05, 3.63) is 23.5 Å². The van der Waals surface area contributed by atoms with Crippen LogP contribution in [0.15, 0.2) is 17.1 Å². The number of carbonyl (C=O) groups is 4. The highest BCUT2D eigenvalue weighted by atomic mass is 28.4. The van der Waals surface area contributed by atoms with E-state index in [4.69, 9.17) is 28.8 Å². The van der Waals surface area contributed by atoms with Gasteiger partial charge < -0.3 is 39.0 Å². The molecule has 16 heteroatoms. The first kappa shape index (κ1) is 46.3. The SMILES string of the molecule is CCCCC(=O)NC(=NC=N)c1ccc([C@]2(C#N)O[C@H](COC(=O)CC3CCCCCC3)[C@@H](OC(=O)[C@@H](NC(=O)OC(C)(C)C)C(C)(C)C)C2O[Si](C)(C)C)[nH]1. The molecule has 2 fully saturated rings. The maximum Gasteiger partial charge on any atom is 0.408 e. The van der Waals surface area contributed by atoms with Crippen LogP contribution in [-0.4, -0.2) is 86.0 Å². The summed E-state index contributed by atoms with van der Waals surface area (Å²) in [5, 5.41) is 24.1. The van der Waals surface area contributed by atoms with Crippen molar-refractivity contribution in [2.45, 2.75) is 168 Å².